The van der Waals surface area contributed by atoms with Crippen LogP contribution in [-0.4, -0.2) is 24.0 Å². The Kier molecular flexibility index (Phi) is 3.85. The summed E-state index contributed by atoms with van der Waals surface area (Å²) in [7, 11) is 0. The highest BCUT2D eigenvalue weighted by molar-refractivity contribution is 5.76. The van der Waals surface area contributed by atoms with Crippen molar-refractivity contribution in [2.24, 2.45) is 0 Å². The highest BCUT2D eigenvalue weighted by atomic mass is 16.1. The van der Waals surface area contributed by atoms with Gasteiger partial charge in [0.15, 0.2) is 0 Å². The van der Waals surface area contributed by atoms with Gasteiger partial charge in [0, 0.05) is 24.5 Å². The fourth-order valence-electron chi connectivity index (χ4n) is 2.51. The van der Waals surface area contributed by atoms with E-state index < -0.39 is 0 Å². The number of hydrogen-bond donors (Lipinski definition) is 2. The first-order valence-electron chi connectivity index (χ1n) is 6.72. The van der Waals surface area contributed by atoms with Gasteiger partial charge in [-0.2, -0.15) is 0 Å². The zero-order valence-corrected chi connectivity index (χ0v) is 10.3. The van der Waals surface area contributed by atoms with Gasteiger partial charge < -0.3 is 10.6 Å². The molecule has 0 aromatic heterocycles. The first kappa shape index (κ1) is 11.9. The maximum Gasteiger partial charge on any atom is 0.221 e. The van der Waals surface area contributed by atoms with E-state index in [1.165, 1.54) is 44.9 Å². The van der Waals surface area contributed by atoms with Gasteiger partial charge in [-0.1, -0.05) is 19.3 Å². The number of carbonyl (C=O) groups excluding carboxylic acids is 1. The van der Waals surface area contributed by atoms with Gasteiger partial charge in [-0.05, 0) is 32.6 Å². The van der Waals surface area contributed by atoms with E-state index in [-0.39, 0.29) is 11.4 Å². The third-order valence-corrected chi connectivity index (χ3v) is 3.80. The topological polar surface area (TPSA) is 41.1 Å². The molecule has 92 valence electrons. The number of amides is 1. The predicted molar refractivity (Wildman–Crippen MR) is 65.3 cm³/mol. The van der Waals surface area contributed by atoms with Crippen LogP contribution in [0.2, 0.25) is 0 Å². The number of rotatable bonds is 5. The molecule has 2 fully saturated rings. The van der Waals surface area contributed by atoms with Crippen molar-refractivity contribution in [3.8, 4) is 0 Å². The van der Waals surface area contributed by atoms with Crippen LogP contribution < -0.4 is 10.6 Å². The molecule has 2 saturated carbocycles. The summed E-state index contributed by atoms with van der Waals surface area (Å²) < 4.78 is 0. The van der Waals surface area contributed by atoms with Crippen molar-refractivity contribution >= 4 is 5.91 Å². The molecule has 2 aliphatic rings. The molecular weight excluding hydrogens is 200 g/mol. The summed E-state index contributed by atoms with van der Waals surface area (Å²) in [5.74, 6) is 0.217. The Labute approximate surface area is 98.4 Å². The lowest BCUT2D eigenvalue weighted by Crippen LogP contribution is -2.45. The van der Waals surface area contributed by atoms with Gasteiger partial charge in [-0.25, -0.2) is 0 Å². The summed E-state index contributed by atoms with van der Waals surface area (Å²) >= 11 is 0. The highest BCUT2D eigenvalue weighted by Gasteiger charge is 2.26. The molecule has 0 saturated heterocycles. The van der Waals surface area contributed by atoms with E-state index in [0.717, 1.165) is 6.54 Å². The average molecular weight is 224 g/mol. The van der Waals surface area contributed by atoms with Crippen LogP contribution in [0.3, 0.4) is 0 Å². The maximum absolute atomic E-state index is 11.5. The van der Waals surface area contributed by atoms with Crippen molar-refractivity contribution < 1.29 is 4.79 Å². The van der Waals surface area contributed by atoms with Crippen LogP contribution >= 0.6 is 0 Å². The summed E-state index contributed by atoms with van der Waals surface area (Å²) in [5, 5.41) is 6.59. The molecular formula is C13H24N2O. The van der Waals surface area contributed by atoms with E-state index in [4.69, 9.17) is 0 Å². The molecule has 3 heteroatoms. The van der Waals surface area contributed by atoms with E-state index in [1.54, 1.807) is 0 Å². The highest BCUT2D eigenvalue weighted by Crippen LogP contribution is 2.27. The van der Waals surface area contributed by atoms with E-state index in [2.05, 4.69) is 17.6 Å². The van der Waals surface area contributed by atoms with Gasteiger partial charge in [0.25, 0.3) is 0 Å². The normalized spacial score (nSPS) is 24.1. The van der Waals surface area contributed by atoms with E-state index >= 15 is 0 Å². The Morgan fingerprint density at radius 2 is 1.94 bits per heavy atom. The zero-order chi connectivity index (χ0) is 11.4. The molecule has 0 bridgehead atoms. The average Bonchev–Trinajstić information content (AvgIpc) is 3.02. The van der Waals surface area contributed by atoms with Crippen molar-refractivity contribution in [3.05, 3.63) is 0 Å². The van der Waals surface area contributed by atoms with Gasteiger partial charge in [0.05, 0.1) is 0 Å². The van der Waals surface area contributed by atoms with Crippen molar-refractivity contribution in [3.63, 3.8) is 0 Å². The lowest BCUT2D eigenvalue weighted by Gasteiger charge is -2.34. The van der Waals surface area contributed by atoms with Crippen LogP contribution in [0.25, 0.3) is 0 Å². The molecule has 2 rings (SSSR count). The summed E-state index contributed by atoms with van der Waals surface area (Å²) in [6.45, 7) is 3.13. The van der Waals surface area contributed by atoms with Gasteiger partial charge in [-0.15, -0.1) is 0 Å². The first-order chi connectivity index (χ1) is 7.68. The van der Waals surface area contributed by atoms with Crippen LogP contribution in [0.4, 0.5) is 0 Å². The van der Waals surface area contributed by atoms with E-state index in [0.29, 0.717) is 12.5 Å². The Bertz CT molecular complexity index is 242. The van der Waals surface area contributed by atoms with Gasteiger partial charge >= 0.3 is 0 Å². The second-order valence-corrected chi connectivity index (χ2v) is 5.64. The lowest BCUT2D eigenvalue weighted by molar-refractivity contribution is -0.121. The summed E-state index contributed by atoms with van der Waals surface area (Å²) in [4.78, 5) is 11.5. The minimum Gasteiger partial charge on any atom is -0.353 e. The molecule has 16 heavy (non-hydrogen) atoms. The maximum atomic E-state index is 11.5. The van der Waals surface area contributed by atoms with Crippen LogP contribution in [-0.2, 0) is 4.79 Å². The summed E-state index contributed by atoms with van der Waals surface area (Å²) in [6, 6.07) is 0.498. The molecule has 0 aliphatic heterocycles. The van der Waals surface area contributed by atoms with Crippen LogP contribution in [0.15, 0.2) is 0 Å². The van der Waals surface area contributed by atoms with Crippen LogP contribution in [0.1, 0.15) is 58.3 Å². The Balaban J connectivity index is 1.60. The fraction of sp³-hybridized carbons (Fsp3) is 0.923. The summed E-state index contributed by atoms with van der Waals surface area (Å²) in [6.07, 6.45) is 9.54. The largest absolute Gasteiger partial charge is 0.353 e. The number of hydrogen-bond acceptors (Lipinski definition) is 2. The molecule has 0 radical (unpaired) electrons. The standard InChI is InChI=1S/C13H24N2O/c1-13(8-3-2-4-9-13)14-10-7-12(16)15-11-5-6-11/h11,14H,2-10H2,1H3,(H,15,16). The third kappa shape index (κ3) is 3.78. The second kappa shape index (κ2) is 5.17. The lowest BCUT2D eigenvalue weighted by atomic mass is 9.83. The molecule has 0 atom stereocenters. The zero-order valence-electron chi connectivity index (χ0n) is 10.3. The van der Waals surface area contributed by atoms with E-state index in [9.17, 15) is 4.79 Å². The SMILES string of the molecule is CC1(NCCC(=O)NC2CC2)CCCCC1. The van der Waals surface area contributed by atoms with Crippen LogP contribution in [0, 0.1) is 0 Å². The Hall–Kier alpha value is -0.570. The van der Waals surface area contributed by atoms with Crippen molar-refractivity contribution in [1.29, 1.82) is 0 Å². The molecule has 0 aromatic rings. The second-order valence-electron chi connectivity index (χ2n) is 5.64. The fourth-order valence-corrected chi connectivity index (χ4v) is 2.51. The van der Waals surface area contributed by atoms with Crippen molar-refractivity contribution in [1.82, 2.24) is 10.6 Å². The van der Waals surface area contributed by atoms with E-state index in [1.807, 2.05) is 0 Å². The Morgan fingerprint density at radius 1 is 1.25 bits per heavy atom. The van der Waals surface area contributed by atoms with Crippen molar-refractivity contribution in [2.75, 3.05) is 6.54 Å². The van der Waals surface area contributed by atoms with Gasteiger partial charge in [0.2, 0.25) is 5.91 Å². The van der Waals surface area contributed by atoms with Gasteiger partial charge in [-0.3, -0.25) is 4.79 Å². The monoisotopic (exact) mass is 224 g/mol. The third-order valence-electron chi connectivity index (χ3n) is 3.80. The molecule has 0 spiro atoms. The van der Waals surface area contributed by atoms with Gasteiger partial charge in [0.1, 0.15) is 0 Å². The molecule has 1 amide bonds. The minimum absolute atomic E-state index is 0.217. The minimum atomic E-state index is 0.217. The molecule has 0 aromatic carbocycles. The first-order valence-corrected chi connectivity index (χ1v) is 6.72. The smallest absolute Gasteiger partial charge is 0.221 e. The quantitative estimate of drug-likeness (QED) is 0.749. The predicted octanol–water partition coefficient (Wildman–Crippen LogP) is 1.97. The molecule has 0 heterocycles. The molecule has 3 nitrogen and oxygen atoms in total. The molecule has 2 N–H and O–H groups in total. The van der Waals surface area contributed by atoms with Crippen LogP contribution in [0.5, 0.6) is 0 Å². The summed E-state index contributed by atoms with van der Waals surface area (Å²) in [5.41, 5.74) is 0.290. The Morgan fingerprint density at radius 3 is 2.56 bits per heavy atom. The molecule has 0 unspecified atom stereocenters. The number of nitrogens with one attached hydrogen (secondary N) is 2. The van der Waals surface area contributed by atoms with Crippen molar-refractivity contribution in [2.45, 2.75) is 69.9 Å². The number of carbonyl (C=O) groups is 1. The molecule has 2 aliphatic carbocycles.